The lowest BCUT2D eigenvalue weighted by Gasteiger charge is -1.85. The summed E-state index contributed by atoms with van der Waals surface area (Å²) in [6.07, 6.45) is 1.96. The highest BCUT2D eigenvalue weighted by Gasteiger charge is 1.95. The Morgan fingerprint density at radius 1 is 1.50 bits per heavy atom. The molecule has 0 saturated heterocycles. The van der Waals surface area contributed by atoms with Gasteiger partial charge >= 0.3 is 0 Å². The highest BCUT2D eigenvalue weighted by Crippen LogP contribution is 2.13. The van der Waals surface area contributed by atoms with Gasteiger partial charge in [0.05, 0.1) is 5.03 Å². The minimum Gasteiger partial charge on any atom is -0.356 e. The van der Waals surface area contributed by atoms with Gasteiger partial charge in [0.1, 0.15) is 0 Å². The van der Waals surface area contributed by atoms with Crippen molar-refractivity contribution in [2.24, 2.45) is 0 Å². The van der Waals surface area contributed by atoms with Gasteiger partial charge < -0.3 is 4.98 Å². The topological polar surface area (TPSA) is 15.8 Å². The molecule has 0 fully saturated rings. The zero-order chi connectivity index (χ0) is 6.15. The molecule has 0 spiro atoms. The number of H-pyrrole nitrogens is 1. The van der Waals surface area contributed by atoms with Crippen LogP contribution in [0.1, 0.15) is 11.1 Å². The molecule has 2 heteroatoms. The Kier molecular flexibility index (Phi) is 1.34. The van der Waals surface area contributed by atoms with Crippen LogP contribution in [-0.2, 0) is 0 Å². The van der Waals surface area contributed by atoms with Crippen LogP contribution in [0.5, 0.6) is 0 Å². The Morgan fingerprint density at radius 2 is 2.12 bits per heavy atom. The van der Waals surface area contributed by atoms with Crippen LogP contribution < -0.4 is 0 Å². The molecule has 0 atom stereocenters. The summed E-state index contributed by atoms with van der Waals surface area (Å²) in [6, 6.07) is 0. The summed E-state index contributed by atoms with van der Waals surface area (Å²) >= 11 is 4.16. The van der Waals surface area contributed by atoms with Gasteiger partial charge in [-0.2, -0.15) is 0 Å². The maximum absolute atomic E-state index is 4.16. The van der Waals surface area contributed by atoms with E-state index in [9.17, 15) is 0 Å². The van der Waals surface area contributed by atoms with Crippen molar-refractivity contribution in [3.8, 4) is 0 Å². The molecule has 0 unspecified atom stereocenters. The second kappa shape index (κ2) is 1.86. The molecule has 0 aromatic carbocycles. The Balaban J connectivity index is 3.19. The first-order chi connectivity index (χ1) is 3.72. The van der Waals surface area contributed by atoms with Gasteiger partial charge in [-0.15, -0.1) is 12.6 Å². The Morgan fingerprint density at radius 3 is 2.25 bits per heavy atom. The number of rotatable bonds is 0. The normalized spacial score (nSPS) is 9.88. The molecule has 1 N–H and O–H groups in total. The van der Waals surface area contributed by atoms with Crippen molar-refractivity contribution in [1.82, 2.24) is 4.98 Å². The molecular formula is C6H9NS. The lowest BCUT2D eigenvalue weighted by Crippen LogP contribution is -1.68. The molecule has 0 saturated carbocycles. The van der Waals surface area contributed by atoms with Gasteiger partial charge in [-0.25, -0.2) is 0 Å². The predicted molar refractivity (Wildman–Crippen MR) is 37.5 cm³/mol. The Labute approximate surface area is 54.5 Å². The highest BCUT2D eigenvalue weighted by molar-refractivity contribution is 7.80. The molecule has 44 valence electrons. The largest absolute Gasteiger partial charge is 0.356 e. The maximum atomic E-state index is 4.16. The van der Waals surface area contributed by atoms with Crippen LogP contribution in [-0.4, -0.2) is 4.98 Å². The van der Waals surface area contributed by atoms with Crippen LogP contribution in [0.4, 0.5) is 0 Å². The van der Waals surface area contributed by atoms with Crippen molar-refractivity contribution < 1.29 is 0 Å². The predicted octanol–water partition coefficient (Wildman–Crippen LogP) is 1.92. The van der Waals surface area contributed by atoms with Crippen LogP contribution in [0, 0.1) is 13.8 Å². The first-order valence-electron chi connectivity index (χ1n) is 2.55. The van der Waals surface area contributed by atoms with E-state index in [-0.39, 0.29) is 0 Å². The number of nitrogens with one attached hydrogen (secondary N) is 1. The molecule has 0 aliphatic rings. The van der Waals surface area contributed by atoms with E-state index in [2.05, 4.69) is 24.5 Å². The number of aryl methyl sites for hydroxylation is 1. The zero-order valence-electron chi connectivity index (χ0n) is 5.02. The monoisotopic (exact) mass is 127 g/mol. The SMILES string of the molecule is Cc1c[nH]c(S)c1C. The molecule has 0 amide bonds. The molecule has 1 aromatic heterocycles. The van der Waals surface area contributed by atoms with E-state index < -0.39 is 0 Å². The lowest BCUT2D eigenvalue weighted by molar-refractivity contribution is 1.17. The van der Waals surface area contributed by atoms with Gasteiger partial charge in [-0.05, 0) is 25.0 Å². The van der Waals surface area contributed by atoms with Crippen LogP contribution in [0.15, 0.2) is 11.2 Å². The number of aromatic nitrogens is 1. The molecule has 0 bridgehead atoms. The van der Waals surface area contributed by atoms with E-state index in [4.69, 9.17) is 0 Å². The highest BCUT2D eigenvalue weighted by atomic mass is 32.1. The van der Waals surface area contributed by atoms with E-state index in [1.165, 1.54) is 11.1 Å². The third-order valence-electron chi connectivity index (χ3n) is 1.37. The van der Waals surface area contributed by atoms with Crippen LogP contribution in [0.25, 0.3) is 0 Å². The average Bonchev–Trinajstić information content (AvgIpc) is 1.98. The second-order valence-corrected chi connectivity index (χ2v) is 2.39. The number of hydrogen-bond donors (Lipinski definition) is 2. The molecule has 1 nitrogen and oxygen atoms in total. The van der Waals surface area contributed by atoms with Gasteiger partial charge in [-0.3, -0.25) is 0 Å². The first kappa shape index (κ1) is 5.76. The van der Waals surface area contributed by atoms with Gasteiger partial charge in [0.25, 0.3) is 0 Å². The van der Waals surface area contributed by atoms with E-state index in [1.54, 1.807) is 0 Å². The Hall–Kier alpha value is -0.370. The smallest absolute Gasteiger partial charge is 0.0723 e. The fourth-order valence-electron chi connectivity index (χ4n) is 0.580. The summed E-state index contributed by atoms with van der Waals surface area (Å²) in [5.41, 5.74) is 2.52. The second-order valence-electron chi connectivity index (χ2n) is 1.95. The molecular weight excluding hydrogens is 118 g/mol. The maximum Gasteiger partial charge on any atom is 0.0723 e. The minimum atomic E-state index is 0.975. The summed E-state index contributed by atoms with van der Waals surface area (Å²) in [5, 5.41) is 0.975. The van der Waals surface area contributed by atoms with Crippen LogP contribution >= 0.6 is 12.6 Å². The van der Waals surface area contributed by atoms with E-state index in [0.717, 1.165) is 5.03 Å². The van der Waals surface area contributed by atoms with Gasteiger partial charge in [-0.1, -0.05) is 0 Å². The third kappa shape index (κ3) is 0.757. The quantitative estimate of drug-likeness (QED) is 0.495. The summed E-state index contributed by atoms with van der Waals surface area (Å²) in [5.74, 6) is 0. The van der Waals surface area contributed by atoms with Crippen molar-refractivity contribution in [3.05, 3.63) is 17.3 Å². The molecule has 1 aromatic rings. The van der Waals surface area contributed by atoms with Crippen LogP contribution in [0.2, 0.25) is 0 Å². The van der Waals surface area contributed by atoms with Gasteiger partial charge in [0.15, 0.2) is 0 Å². The number of thiol groups is 1. The molecule has 1 rings (SSSR count). The van der Waals surface area contributed by atoms with Crippen molar-refractivity contribution in [3.63, 3.8) is 0 Å². The molecule has 0 aliphatic heterocycles. The zero-order valence-corrected chi connectivity index (χ0v) is 5.92. The summed E-state index contributed by atoms with van der Waals surface area (Å²) in [6.45, 7) is 4.11. The lowest BCUT2D eigenvalue weighted by atomic mass is 10.2. The first-order valence-corrected chi connectivity index (χ1v) is 3.00. The van der Waals surface area contributed by atoms with Gasteiger partial charge in [0.2, 0.25) is 0 Å². The average molecular weight is 127 g/mol. The summed E-state index contributed by atoms with van der Waals surface area (Å²) in [7, 11) is 0. The fraction of sp³-hybridized carbons (Fsp3) is 0.333. The fourth-order valence-corrected chi connectivity index (χ4v) is 0.821. The van der Waals surface area contributed by atoms with E-state index in [0.29, 0.717) is 0 Å². The van der Waals surface area contributed by atoms with Crippen molar-refractivity contribution in [2.45, 2.75) is 18.9 Å². The molecule has 8 heavy (non-hydrogen) atoms. The minimum absolute atomic E-state index is 0.975. The van der Waals surface area contributed by atoms with Crippen molar-refractivity contribution in [2.75, 3.05) is 0 Å². The van der Waals surface area contributed by atoms with Crippen molar-refractivity contribution in [1.29, 1.82) is 0 Å². The number of aromatic amines is 1. The number of hydrogen-bond acceptors (Lipinski definition) is 1. The summed E-state index contributed by atoms with van der Waals surface area (Å²) < 4.78 is 0. The standard InChI is InChI=1S/C6H9NS/c1-4-3-7-6(8)5(4)2/h3,7-8H,1-2H3. The van der Waals surface area contributed by atoms with E-state index >= 15 is 0 Å². The summed E-state index contributed by atoms with van der Waals surface area (Å²) in [4.78, 5) is 3.00. The third-order valence-corrected chi connectivity index (χ3v) is 1.84. The van der Waals surface area contributed by atoms with Gasteiger partial charge in [0, 0.05) is 6.20 Å². The Bertz CT molecular complexity index is 171. The molecule has 0 radical (unpaired) electrons. The molecule has 1 heterocycles. The molecule has 0 aliphatic carbocycles. The van der Waals surface area contributed by atoms with E-state index in [1.807, 2.05) is 13.1 Å². The van der Waals surface area contributed by atoms with Crippen LogP contribution in [0.3, 0.4) is 0 Å². The van der Waals surface area contributed by atoms with Crippen molar-refractivity contribution >= 4 is 12.6 Å².